The number of hydrogen-bond donors (Lipinski definition) is 3. The molecule has 1 aromatic heterocycles. The average molecular weight is 252 g/mol. The smallest absolute Gasteiger partial charge is 0.257 e. The first-order valence-electron chi connectivity index (χ1n) is 5.84. The van der Waals surface area contributed by atoms with Crippen LogP contribution < -0.4 is 10.7 Å². The molecule has 1 saturated heterocycles. The van der Waals surface area contributed by atoms with Crippen LogP contribution in [0.3, 0.4) is 0 Å². The third-order valence-electron chi connectivity index (χ3n) is 2.94. The molecule has 1 fully saturated rings. The van der Waals surface area contributed by atoms with Crippen LogP contribution in [0.25, 0.3) is 0 Å². The third kappa shape index (κ3) is 2.77. The molecule has 6 heteroatoms. The number of carbonyl (C=O) groups is 1. The monoisotopic (exact) mass is 252 g/mol. The Labute approximate surface area is 104 Å². The Balaban J connectivity index is 2.09. The summed E-state index contributed by atoms with van der Waals surface area (Å²) in [5.74, 6) is -0.470. The van der Waals surface area contributed by atoms with Gasteiger partial charge in [0.15, 0.2) is 5.43 Å². The van der Waals surface area contributed by atoms with Crippen molar-refractivity contribution in [3.05, 3.63) is 33.7 Å². The second kappa shape index (κ2) is 5.32. The van der Waals surface area contributed by atoms with Crippen LogP contribution >= 0.6 is 0 Å². The van der Waals surface area contributed by atoms with E-state index in [0.717, 1.165) is 0 Å². The van der Waals surface area contributed by atoms with Gasteiger partial charge in [-0.25, -0.2) is 0 Å². The van der Waals surface area contributed by atoms with E-state index in [1.54, 1.807) is 6.92 Å². The summed E-state index contributed by atoms with van der Waals surface area (Å²) < 4.78 is 5.07. The van der Waals surface area contributed by atoms with E-state index >= 15 is 0 Å². The Morgan fingerprint density at radius 1 is 1.61 bits per heavy atom. The lowest BCUT2D eigenvalue weighted by Gasteiger charge is -2.28. The SMILES string of the molecule is Cc1cc(=O)c(C(=O)N[C@@H]2CCOC[C@H]2O)c[nH]1. The predicted molar refractivity (Wildman–Crippen MR) is 64.5 cm³/mol. The van der Waals surface area contributed by atoms with Crippen LogP contribution in [0.4, 0.5) is 0 Å². The van der Waals surface area contributed by atoms with Crippen molar-refractivity contribution in [2.24, 2.45) is 0 Å². The zero-order valence-corrected chi connectivity index (χ0v) is 10.1. The molecule has 0 radical (unpaired) electrons. The van der Waals surface area contributed by atoms with Gasteiger partial charge in [0.05, 0.1) is 18.8 Å². The maximum Gasteiger partial charge on any atom is 0.257 e. The maximum atomic E-state index is 11.9. The molecular formula is C12H16N2O4. The number of nitrogens with one attached hydrogen (secondary N) is 2. The first-order valence-corrected chi connectivity index (χ1v) is 5.84. The van der Waals surface area contributed by atoms with E-state index in [1.165, 1.54) is 12.3 Å². The zero-order chi connectivity index (χ0) is 13.1. The molecule has 2 atom stereocenters. The molecule has 1 aliphatic rings. The fraction of sp³-hybridized carbons (Fsp3) is 0.500. The number of H-pyrrole nitrogens is 1. The molecule has 98 valence electrons. The van der Waals surface area contributed by atoms with Crippen molar-refractivity contribution >= 4 is 5.91 Å². The lowest BCUT2D eigenvalue weighted by molar-refractivity contribution is -0.0261. The quantitative estimate of drug-likeness (QED) is 0.665. The van der Waals surface area contributed by atoms with Crippen LogP contribution in [0.1, 0.15) is 22.5 Å². The summed E-state index contributed by atoms with van der Waals surface area (Å²) in [5, 5.41) is 12.3. The van der Waals surface area contributed by atoms with Crippen LogP contribution in [0.2, 0.25) is 0 Å². The lowest BCUT2D eigenvalue weighted by Crippen LogP contribution is -2.49. The summed E-state index contributed by atoms with van der Waals surface area (Å²) in [5.41, 5.74) is 0.423. The van der Waals surface area contributed by atoms with Gasteiger partial charge >= 0.3 is 0 Å². The molecule has 2 rings (SSSR count). The number of hydrogen-bond acceptors (Lipinski definition) is 4. The van der Waals surface area contributed by atoms with Gasteiger partial charge in [0.1, 0.15) is 5.56 Å². The number of pyridine rings is 1. The van der Waals surface area contributed by atoms with E-state index in [1.807, 2.05) is 0 Å². The Morgan fingerprint density at radius 3 is 3.06 bits per heavy atom. The van der Waals surface area contributed by atoms with Gasteiger partial charge in [0.25, 0.3) is 5.91 Å². The fourth-order valence-electron chi connectivity index (χ4n) is 1.89. The van der Waals surface area contributed by atoms with Crippen LogP contribution in [-0.4, -0.2) is 41.4 Å². The second-order valence-corrected chi connectivity index (χ2v) is 4.40. The second-order valence-electron chi connectivity index (χ2n) is 4.40. The van der Waals surface area contributed by atoms with Crippen molar-refractivity contribution in [2.45, 2.75) is 25.5 Å². The maximum absolute atomic E-state index is 11.9. The Kier molecular flexibility index (Phi) is 3.78. The van der Waals surface area contributed by atoms with E-state index in [2.05, 4.69) is 10.3 Å². The van der Waals surface area contributed by atoms with Crippen LogP contribution in [0.15, 0.2) is 17.1 Å². The number of carbonyl (C=O) groups excluding carboxylic acids is 1. The topological polar surface area (TPSA) is 91.4 Å². The molecule has 0 aliphatic carbocycles. The number of amides is 1. The Bertz CT molecular complexity index is 497. The Hall–Kier alpha value is -1.66. The molecule has 0 spiro atoms. The highest BCUT2D eigenvalue weighted by Crippen LogP contribution is 2.08. The Morgan fingerprint density at radius 2 is 2.39 bits per heavy atom. The number of aliphatic hydroxyl groups is 1. The predicted octanol–water partition coefficient (Wildman–Crippen LogP) is -0.437. The van der Waals surface area contributed by atoms with Crippen molar-refractivity contribution in [1.82, 2.24) is 10.3 Å². The molecular weight excluding hydrogens is 236 g/mol. The van der Waals surface area contributed by atoms with Gasteiger partial charge < -0.3 is 20.1 Å². The molecule has 1 aliphatic heterocycles. The molecule has 0 saturated carbocycles. The van der Waals surface area contributed by atoms with Crippen LogP contribution in [0.5, 0.6) is 0 Å². The fourth-order valence-corrected chi connectivity index (χ4v) is 1.89. The highest BCUT2D eigenvalue weighted by atomic mass is 16.5. The van der Waals surface area contributed by atoms with Crippen molar-refractivity contribution < 1.29 is 14.6 Å². The largest absolute Gasteiger partial charge is 0.389 e. The molecule has 0 bridgehead atoms. The first kappa shape index (κ1) is 12.8. The number of ether oxygens (including phenoxy) is 1. The summed E-state index contributed by atoms with van der Waals surface area (Å²) in [6.07, 6.45) is 1.20. The number of aromatic amines is 1. The highest BCUT2D eigenvalue weighted by Gasteiger charge is 2.26. The summed E-state index contributed by atoms with van der Waals surface area (Å²) >= 11 is 0. The van der Waals surface area contributed by atoms with Crippen LogP contribution in [-0.2, 0) is 4.74 Å². The normalized spacial score (nSPS) is 23.7. The van der Waals surface area contributed by atoms with Gasteiger partial charge in [0, 0.05) is 24.6 Å². The van der Waals surface area contributed by atoms with Gasteiger partial charge in [-0.3, -0.25) is 9.59 Å². The summed E-state index contributed by atoms with van der Waals surface area (Å²) in [6.45, 7) is 2.44. The average Bonchev–Trinajstić information content (AvgIpc) is 2.32. The minimum Gasteiger partial charge on any atom is -0.389 e. The summed E-state index contributed by atoms with van der Waals surface area (Å²) in [4.78, 5) is 26.4. The molecule has 6 nitrogen and oxygen atoms in total. The van der Waals surface area contributed by atoms with Crippen LogP contribution in [0, 0.1) is 6.92 Å². The first-order chi connectivity index (χ1) is 8.58. The van der Waals surface area contributed by atoms with Crippen molar-refractivity contribution in [2.75, 3.05) is 13.2 Å². The van der Waals surface area contributed by atoms with Crippen molar-refractivity contribution in [3.8, 4) is 0 Å². The van der Waals surface area contributed by atoms with Gasteiger partial charge in [0.2, 0.25) is 0 Å². The minimum atomic E-state index is -0.729. The molecule has 3 N–H and O–H groups in total. The van der Waals surface area contributed by atoms with E-state index in [0.29, 0.717) is 18.7 Å². The number of aryl methyl sites for hydroxylation is 1. The van der Waals surface area contributed by atoms with Crippen molar-refractivity contribution in [3.63, 3.8) is 0 Å². The molecule has 0 aromatic carbocycles. The van der Waals surface area contributed by atoms with Gasteiger partial charge in [-0.2, -0.15) is 0 Å². The van der Waals surface area contributed by atoms with Gasteiger partial charge in [-0.1, -0.05) is 0 Å². The minimum absolute atomic E-state index is 0.0549. The van der Waals surface area contributed by atoms with E-state index < -0.39 is 12.0 Å². The van der Waals surface area contributed by atoms with E-state index in [4.69, 9.17) is 4.74 Å². The van der Waals surface area contributed by atoms with E-state index in [9.17, 15) is 14.7 Å². The molecule has 1 amide bonds. The molecule has 2 heterocycles. The number of aromatic nitrogens is 1. The van der Waals surface area contributed by atoms with Gasteiger partial charge in [-0.05, 0) is 13.3 Å². The molecule has 0 unspecified atom stereocenters. The van der Waals surface area contributed by atoms with Crippen molar-refractivity contribution in [1.29, 1.82) is 0 Å². The van der Waals surface area contributed by atoms with E-state index in [-0.39, 0.29) is 23.6 Å². The number of rotatable bonds is 2. The lowest BCUT2D eigenvalue weighted by atomic mass is 10.1. The highest BCUT2D eigenvalue weighted by molar-refractivity contribution is 5.94. The summed E-state index contributed by atoms with van der Waals surface area (Å²) in [7, 11) is 0. The zero-order valence-electron chi connectivity index (χ0n) is 10.1. The third-order valence-corrected chi connectivity index (χ3v) is 2.94. The number of aliphatic hydroxyl groups excluding tert-OH is 1. The molecule has 1 aromatic rings. The standard InChI is InChI=1S/C12H16N2O4/c1-7-4-10(15)8(5-13-7)12(17)14-9-2-3-18-6-11(9)16/h4-5,9,11,16H,2-3,6H2,1H3,(H,13,15)(H,14,17)/t9-,11-/m1/s1. The molecule has 18 heavy (non-hydrogen) atoms. The summed E-state index contributed by atoms with van der Waals surface area (Å²) in [6, 6.07) is 1.00. The van der Waals surface area contributed by atoms with Gasteiger partial charge in [-0.15, -0.1) is 0 Å².